The van der Waals surface area contributed by atoms with Gasteiger partial charge in [0.25, 0.3) is 0 Å². The van der Waals surface area contributed by atoms with Crippen LogP contribution in [0.25, 0.3) is 0 Å². The second-order valence-corrected chi connectivity index (χ2v) is 11.6. The van der Waals surface area contributed by atoms with E-state index >= 15 is 0 Å². The van der Waals surface area contributed by atoms with Crippen molar-refractivity contribution in [1.29, 1.82) is 0 Å². The maximum Gasteiger partial charge on any atom is 0.242 e. The van der Waals surface area contributed by atoms with Gasteiger partial charge < -0.3 is 15.4 Å². The third kappa shape index (κ3) is 10.1. The van der Waals surface area contributed by atoms with Gasteiger partial charge in [-0.05, 0) is 55.0 Å². The van der Waals surface area contributed by atoms with Crippen LogP contribution < -0.4 is 20.1 Å². The lowest BCUT2D eigenvalue weighted by molar-refractivity contribution is -0.129. The molecule has 0 aromatic heterocycles. The van der Waals surface area contributed by atoms with Crippen molar-refractivity contribution >= 4 is 27.5 Å². The minimum atomic E-state index is -3.77. The van der Waals surface area contributed by atoms with Crippen molar-refractivity contribution < 1.29 is 22.7 Å². The van der Waals surface area contributed by atoms with E-state index in [9.17, 15) is 18.0 Å². The van der Waals surface area contributed by atoms with E-state index in [1.165, 1.54) is 13.3 Å². The van der Waals surface area contributed by atoms with Crippen LogP contribution in [0.2, 0.25) is 0 Å². The van der Waals surface area contributed by atoms with Crippen molar-refractivity contribution in [3.8, 4) is 5.75 Å². The number of carbonyl (C=O) groups excluding carboxylic acids is 2. The fourth-order valence-electron chi connectivity index (χ4n) is 4.86. The minimum Gasteiger partial charge on any atom is -0.497 e. The molecule has 2 aromatic rings. The fourth-order valence-corrected chi connectivity index (χ4v) is 6.22. The summed E-state index contributed by atoms with van der Waals surface area (Å²) in [5, 5.41) is 5.74. The molecule has 1 aliphatic carbocycles. The Morgan fingerprint density at radius 2 is 1.65 bits per heavy atom. The maximum absolute atomic E-state index is 13.3. The molecule has 0 heterocycles. The van der Waals surface area contributed by atoms with E-state index in [0.29, 0.717) is 36.6 Å². The molecule has 0 spiro atoms. The molecule has 0 aliphatic heterocycles. The summed E-state index contributed by atoms with van der Waals surface area (Å²) in [6.07, 6.45) is 7.17. The third-order valence-corrected chi connectivity index (χ3v) is 8.13. The molecule has 2 amide bonds. The Kier molecular flexibility index (Phi) is 10.8. The Hall–Kier alpha value is -3.07. The molecule has 37 heavy (non-hydrogen) atoms. The van der Waals surface area contributed by atoms with Gasteiger partial charge >= 0.3 is 0 Å². The van der Waals surface area contributed by atoms with Gasteiger partial charge in [0.05, 0.1) is 12.9 Å². The van der Waals surface area contributed by atoms with Gasteiger partial charge in [-0.2, -0.15) is 0 Å². The summed E-state index contributed by atoms with van der Waals surface area (Å²) in [6, 6.07) is 15.0. The number of hydrogen-bond donors (Lipinski definition) is 3. The molecular weight excluding hydrogens is 490 g/mol. The molecule has 202 valence electrons. The number of ether oxygens (including phenoxy) is 1. The molecule has 3 N–H and O–H groups in total. The zero-order chi connectivity index (χ0) is 26.7. The first-order chi connectivity index (χ1) is 17.7. The Morgan fingerprint density at radius 3 is 2.27 bits per heavy atom. The molecule has 3 rings (SSSR count). The van der Waals surface area contributed by atoms with E-state index in [2.05, 4.69) is 15.4 Å². The highest BCUT2D eigenvalue weighted by Gasteiger charge is 2.28. The molecule has 1 aliphatic rings. The molecule has 1 saturated carbocycles. The van der Waals surface area contributed by atoms with Crippen LogP contribution in [0.4, 0.5) is 5.69 Å². The van der Waals surface area contributed by atoms with E-state index in [0.717, 1.165) is 31.2 Å². The summed E-state index contributed by atoms with van der Waals surface area (Å²) >= 11 is 0. The summed E-state index contributed by atoms with van der Waals surface area (Å²) in [7, 11) is -2.23. The standard InChI is InChI=1S/C28H39N3O5S/c1-21(32)29-27(19-23-11-7-4-8-12-23)28(33)30-25(14-13-22-9-5-3-6-10-22)20-37(34,35)31-24-15-17-26(36-2)18-16-24/h3,5-6,9-10,15-18,23,25,27,31H,4,7-8,11-14,19-20H2,1-2H3,(H,29,32)(H,30,33)/t25?,27-/m1/s1. The first-order valence-corrected chi connectivity index (χ1v) is 14.7. The van der Waals surface area contributed by atoms with Crippen LogP contribution in [-0.4, -0.2) is 45.2 Å². The van der Waals surface area contributed by atoms with Crippen molar-refractivity contribution in [2.45, 2.75) is 70.4 Å². The highest BCUT2D eigenvalue weighted by atomic mass is 32.2. The van der Waals surface area contributed by atoms with Crippen LogP contribution in [0.15, 0.2) is 54.6 Å². The molecule has 1 fully saturated rings. The number of carbonyl (C=O) groups is 2. The lowest BCUT2D eigenvalue weighted by Crippen LogP contribution is -2.51. The third-order valence-electron chi connectivity index (χ3n) is 6.74. The lowest BCUT2D eigenvalue weighted by Gasteiger charge is -2.28. The first-order valence-electron chi connectivity index (χ1n) is 13.0. The molecule has 8 nitrogen and oxygen atoms in total. The number of amides is 2. The first kappa shape index (κ1) is 28.5. The zero-order valence-corrected chi connectivity index (χ0v) is 22.6. The molecule has 1 unspecified atom stereocenters. The predicted molar refractivity (Wildman–Crippen MR) is 146 cm³/mol. The topological polar surface area (TPSA) is 114 Å². The van der Waals surface area contributed by atoms with Crippen molar-refractivity contribution in [3.05, 3.63) is 60.2 Å². The van der Waals surface area contributed by atoms with Crippen molar-refractivity contribution in [3.63, 3.8) is 0 Å². The van der Waals surface area contributed by atoms with E-state index in [4.69, 9.17) is 4.74 Å². The number of sulfonamides is 1. The molecule has 0 radical (unpaired) electrons. The fraction of sp³-hybridized carbons (Fsp3) is 0.500. The molecular formula is C28H39N3O5S. The largest absolute Gasteiger partial charge is 0.497 e. The number of nitrogens with one attached hydrogen (secondary N) is 3. The van der Waals surface area contributed by atoms with Crippen LogP contribution in [-0.2, 0) is 26.0 Å². The van der Waals surface area contributed by atoms with Crippen LogP contribution in [0, 0.1) is 5.92 Å². The summed E-state index contributed by atoms with van der Waals surface area (Å²) < 4.78 is 33.8. The van der Waals surface area contributed by atoms with Crippen molar-refractivity contribution in [2.75, 3.05) is 17.6 Å². The number of benzene rings is 2. The number of methoxy groups -OCH3 is 1. The quantitative estimate of drug-likeness (QED) is 0.363. The second kappa shape index (κ2) is 14.0. The second-order valence-electron chi connectivity index (χ2n) is 9.83. The molecule has 0 saturated heterocycles. The van der Waals surface area contributed by atoms with Gasteiger partial charge in [-0.25, -0.2) is 8.42 Å². The van der Waals surface area contributed by atoms with Crippen molar-refractivity contribution in [2.24, 2.45) is 5.92 Å². The van der Waals surface area contributed by atoms with Gasteiger partial charge in [0.15, 0.2) is 0 Å². The molecule has 2 atom stereocenters. The smallest absolute Gasteiger partial charge is 0.242 e. The van der Waals surface area contributed by atoms with Crippen LogP contribution in [0.5, 0.6) is 5.75 Å². The number of aryl methyl sites for hydroxylation is 1. The van der Waals surface area contributed by atoms with Gasteiger partial charge in [-0.1, -0.05) is 62.4 Å². The Morgan fingerprint density at radius 1 is 0.973 bits per heavy atom. The Labute approximate surface area is 220 Å². The Balaban J connectivity index is 1.71. The van der Waals surface area contributed by atoms with E-state index in [1.54, 1.807) is 31.4 Å². The van der Waals surface area contributed by atoms with Crippen molar-refractivity contribution in [1.82, 2.24) is 10.6 Å². The van der Waals surface area contributed by atoms with Gasteiger partial charge in [-0.15, -0.1) is 0 Å². The summed E-state index contributed by atoms with van der Waals surface area (Å²) in [6.45, 7) is 1.40. The average molecular weight is 530 g/mol. The van der Waals surface area contributed by atoms with Gasteiger partial charge in [0, 0.05) is 18.7 Å². The Bertz CT molecular complexity index is 1100. The predicted octanol–water partition coefficient (Wildman–Crippen LogP) is 4.03. The molecule has 0 bridgehead atoms. The highest BCUT2D eigenvalue weighted by molar-refractivity contribution is 7.92. The summed E-state index contributed by atoms with van der Waals surface area (Å²) in [5.41, 5.74) is 1.48. The minimum absolute atomic E-state index is 0.273. The SMILES string of the molecule is COc1ccc(NS(=O)(=O)CC(CCc2ccccc2)NC(=O)[C@@H](CC2CCCCC2)NC(C)=O)cc1. The van der Waals surface area contributed by atoms with Gasteiger partial charge in [-0.3, -0.25) is 14.3 Å². The number of hydrogen-bond acceptors (Lipinski definition) is 5. The van der Waals surface area contributed by atoms with Crippen LogP contribution in [0.1, 0.15) is 57.4 Å². The maximum atomic E-state index is 13.3. The van der Waals surface area contributed by atoms with Gasteiger partial charge in [0.1, 0.15) is 11.8 Å². The van der Waals surface area contributed by atoms with E-state index in [1.807, 2.05) is 30.3 Å². The molecule has 9 heteroatoms. The number of anilines is 1. The van der Waals surface area contributed by atoms with Crippen LogP contribution >= 0.6 is 0 Å². The van der Waals surface area contributed by atoms with E-state index < -0.39 is 22.1 Å². The summed E-state index contributed by atoms with van der Waals surface area (Å²) in [4.78, 5) is 25.2. The van der Waals surface area contributed by atoms with E-state index in [-0.39, 0.29) is 17.6 Å². The van der Waals surface area contributed by atoms with Gasteiger partial charge in [0.2, 0.25) is 21.8 Å². The molecule has 2 aromatic carbocycles. The lowest BCUT2D eigenvalue weighted by atomic mass is 9.84. The number of rotatable bonds is 13. The van der Waals surface area contributed by atoms with Crippen LogP contribution in [0.3, 0.4) is 0 Å². The highest BCUT2D eigenvalue weighted by Crippen LogP contribution is 2.27. The zero-order valence-electron chi connectivity index (χ0n) is 21.7. The average Bonchev–Trinajstić information content (AvgIpc) is 2.88. The normalized spacial score (nSPS) is 15.8. The monoisotopic (exact) mass is 529 g/mol. The summed E-state index contributed by atoms with van der Waals surface area (Å²) in [5.74, 6) is 0.106.